The molecular formula is C20H27F3N2OS. The lowest BCUT2D eigenvalue weighted by Gasteiger charge is -2.32. The molecule has 2 aliphatic rings. The van der Waals surface area contributed by atoms with Gasteiger partial charge in [0.15, 0.2) is 5.41 Å². The number of benzene rings is 1. The Bertz CT molecular complexity index is 640. The Labute approximate surface area is 163 Å². The number of alkyl halides is 3. The molecule has 1 aromatic rings. The molecule has 0 aromatic heterocycles. The summed E-state index contributed by atoms with van der Waals surface area (Å²) in [5.41, 5.74) is -1.33. The fraction of sp³-hybridized carbons (Fsp3) is 0.650. The van der Waals surface area contributed by atoms with Crippen LogP contribution in [0.1, 0.15) is 38.2 Å². The van der Waals surface area contributed by atoms with Crippen molar-refractivity contribution in [2.75, 3.05) is 18.8 Å². The number of carbonyl (C=O) groups excluding carboxylic acids is 1. The number of halogens is 3. The molecule has 150 valence electrons. The summed E-state index contributed by atoms with van der Waals surface area (Å²) in [6.45, 7) is 2.53. The van der Waals surface area contributed by atoms with Crippen LogP contribution >= 0.6 is 11.8 Å². The molecular weight excluding hydrogens is 373 g/mol. The number of likely N-dealkylation sites (tertiary alicyclic amines) is 1. The van der Waals surface area contributed by atoms with E-state index in [4.69, 9.17) is 0 Å². The fourth-order valence-corrected chi connectivity index (χ4v) is 5.34. The van der Waals surface area contributed by atoms with Crippen LogP contribution in [-0.2, 0) is 11.3 Å². The average Bonchev–Trinajstić information content (AvgIpc) is 3.23. The Morgan fingerprint density at radius 1 is 1.30 bits per heavy atom. The van der Waals surface area contributed by atoms with E-state index < -0.39 is 17.5 Å². The molecule has 2 fully saturated rings. The summed E-state index contributed by atoms with van der Waals surface area (Å²) < 4.78 is 41.9. The molecule has 1 aliphatic heterocycles. The van der Waals surface area contributed by atoms with Crippen molar-refractivity contribution in [3.05, 3.63) is 35.9 Å². The highest BCUT2D eigenvalue weighted by molar-refractivity contribution is 7.99. The molecule has 1 aromatic carbocycles. The predicted molar refractivity (Wildman–Crippen MR) is 103 cm³/mol. The van der Waals surface area contributed by atoms with Crippen LogP contribution in [0.15, 0.2) is 30.3 Å². The van der Waals surface area contributed by atoms with Gasteiger partial charge in [0.1, 0.15) is 0 Å². The van der Waals surface area contributed by atoms with Crippen molar-refractivity contribution in [1.82, 2.24) is 10.2 Å². The molecule has 1 heterocycles. The summed E-state index contributed by atoms with van der Waals surface area (Å²) in [7, 11) is 0. The standard InChI is InChI=1S/C20H27F3N2OS/c1-2-27-17-9-8-16(12-17)24-18(26)19(20(21,22)23)10-11-25(14-19)13-15-6-4-3-5-7-15/h3-7,16-17H,2,8-14H2,1H3,(H,24,26)/t16-,17-,19+/m1/s1. The summed E-state index contributed by atoms with van der Waals surface area (Å²) in [4.78, 5) is 14.5. The third kappa shape index (κ3) is 4.62. The molecule has 1 N–H and O–H groups in total. The van der Waals surface area contributed by atoms with Crippen LogP contribution in [0, 0.1) is 5.41 Å². The van der Waals surface area contributed by atoms with E-state index in [9.17, 15) is 18.0 Å². The van der Waals surface area contributed by atoms with E-state index in [1.807, 2.05) is 42.1 Å². The molecule has 1 aliphatic carbocycles. The number of hydrogen-bond acceptors (Lipinski definition) is 3. The van der Waals surface area contributed by atoms with Crippen molar-refractivity contribution in [3.8, 4) is 0 Å². The lowest BCUT2D eigenvalue weighted by Crippen LogP contribution is -2.54. The molecule has 0 bridgehead atoms. The molecule has 3 nitrogen and oxygen atoms in total. The van der Waals surface area contributed by atoms with Crippen molar-refractivity contribution in [2.45, 2.75) is 56.6 Å². The molecule has 0 spiro atoms. The minimum absolute atomic E-state index is 0.135. The fourth-order valence-electron chi connectivity index (χ4n) is 4.19. The van der Waals surface area contributed by atoms with E-state index in [0.29, 0.717) is 11.8 Å². The van der Waals surface area contributed by atoms with Crippen molar-refractivity contribution in [2.24, 2.45) is 5.41 Å². The number of thioether (sulfide) groups is 1. The van der Waals surface area contributed by atoms with Gasteiger partial charge in [-0.05, 0) is 43.5 Å². The molecule has 1 saturated carbocycles. The van der Waals surface area contributed by atoms with Crippen LogP contribution in [0.3, 0.4) is 0 Å². The number of nitrogens with one attached hydrogen (secondary N) is 1. The second kappa shape index (κ2) is 8.43. The smallest absolute Gasteiger partial charge is 0.353 e. The van der Waals surface area contributed by atoms with Crippen LogP contribution in [0.5, 0.6) is 0 Å². The van der Waals surface area contributed by atoms with E-state index in [0.717, 1.165) is 30.6 Å². The highest BCUT2D eigenvalue weighted by Crippen LogP contribution is 2.46. The zero-order chi connectivity index (χ0) is 19.5. The molecule has 7 heteroatoms. The molecule has 3 atom stereocenters. The topological polar surface area (TPSA) is 32.3 Å². The largest absolute Gasteiger partial charge is 0.404 e. The van der Waals surface area contributed by atoms with Gasteiger partial charge in [-0.25, -0.2) is 0 Å². The first kappa shape index (κ1) is 20.5. The minimum Gasteiger partial charge on any atom is -0.353 e. The third-order valence-electron chi connectivity index (χ3n) is 5.70. The Balaban J connectivity index is 1.66. The van der Waals surface area contributed by atoms with Gasteiger partial charge >= 0.3 is 6.18 Å². The van der Waals surface area contributed by atoms with Crippen molar-refractivity contribution >= 4 is 17.7 Å². The number of nitrogens with zero attached hydrogens (tertiary/aromatic N) is 1. The van der Waals surface area contributed by atoms with E-state index in [2.05, 4.69) is 12.2 Å². The van der Waals surface area contributed by atoms with Gasteiger partial charge in [0.05, 0.1) is 0 Å². The lowest BCUT2D eigenvalue weighted by molar-refractivity contribution is -0.218. The van der Waals surface area contributed by atoms with Crippen molar-refractivity contribution < 1.29 is 18.0 Å². The monoisotopic (exact) mass is 400 g/mol. The van der Waals surface area contributed by atoms with Crippen LogP contribution in [0.2, 0.25) is 0 Å². The Hall–Kier alpha value is -1.21. The van der Waals surface area contributed by atoms with E-state index >= 15 is 0 Å². The normalized spacial score (nSPS) is 29.2. The summed E-state index contributed by atoms with van der Waals surface area (Å²) in [5.74, 6) is 0.157. The van der Waals surface area contributed by atoms with E-state index in [1.165, 1.54) is 0 Å². The SMILES string of the molecule is CCS[C@@H]1CC[C@@H](NC(=O)[C@]2(C(F)(F)F)CCN(Cc3ccccc3)C2)C1. The first-order chi connectivity index (χ1) is 12.8. The van der Waals surface area contributed by atoms with Gasteiger partial charge in [-0.2, -0.15) is 24.9 Å². The van der Waals surface area contributed by atoms with E-state index in [-0.39, 0.29) is 25.6 Å². The maximum atomic E-state index is 14.0. The summed E-state index contributed by atoms with van der Waals surface area (Å²) in [6, 6.07) is 9.30. The zero-order valence-electron chi connectivity index (χ0n) is 15.6. The Morgan fingerprint density at radius 3 is 2.70 bits per heavy atom. The zero-order valence-corrected chi connectivity index (χ0v) is 16.4. The molecule has 0 radical (unpaired) electrons. The van der Waals surface area contributed by atoms with Crippen molar-refractivity contribution in [3.63, 3.8) is 0 Å². The molecule has 3 rings (SSSR count). The minimum atomic E-state index is -4.54. The lowest BCUT2D eigenvalue weighted by atomic mass is 9.84. The second-order valence-electron chi connectivity index (χ2n) is 7.59. The molecule has 1 saturated heterocycles. The Kier molecular flexibility index (Phi) is 6.41. The van der Waals surface area contributed by atoms with Gasteiger partial charge < -0.3 is 5.32 Å². The maximum Gasteiger partial charge on any atom is 0.404 e. The maximum absolute atomic E-state index is 14.0. The predicted octanol–water partition coefficient (Wildman–Crippen LogP) is 4.23. The second-order valence-corrected chi connectivity index (χ2v) is 9.16. The van der Waals surface area contributed by atoms with E-state index in [1.54, 1.807) is 4.90 Å². The van der Waals surface area contributed by atoms with Gasteiger partial charge in [0.2, 0.25) is 5.91 Å². The molecule has 27 heavy (non-hydrogen) atoms. The summed E-state index contributed by atoms with van der Waals surface area (Å²) in [5, 5.41) is 3.19. The molecule has 0 unspecified atom stereocenters. The highest BCUT2D eigenvalue weighted by atomic mass is 32.2. The van der Waals surface area contributed by atoms with Gasteiger partial charge in [-0.1, -0.05) is 37.3 Å². The number of rotatable bonds is 6. The van der Waals surface area contributed by atoms with Crippen LogP contribution in [-0.4, -0.2) is 47.1 Å². The van der Waals surface area contributed by atoms with Gasteiger partial charge in [0, 0.05) is 24.4 Å². The number of carbonyl (C=O) groups is 1. The van der Waals surface area contributed by atoms with Crippen LogP contribution in [0.4, 0.5) is 13.2 Å². The van der Waals surface area contributed by atoms with Crippen molar-refractivity contribution in [1.29, 1.82) is 0 Å². The van der Waals surface area contributed by atoms with Gasteiger partial charge in [-0.15, -0.1) is 0 Å². The first-order valence-electron chi connectivity index (χ1n) is 9.59. The highest BCUT2D eigenvalue weighted by Gasteiger charge is 2.63. The first-order valence-corrected chi connectivity index (χ1v) is 10.6. The van der Waals surface area contributed by atoms with Gasteiger partial charge in [0.25, 0.3) is 0 Å². The molecule has 1 amide bonds. The quantitative estimate of drug-likeness (QED) is 0.776. The average molecular weight is 401 g/mol. The third-order valence-corrected chi connectivity index (χ3v) is 6.93. The number of amides is 1. The Morgan fingerprint density at radius 2 is 2.04 bits per heavy atom. The van der Waals surface area contributed by atoms with Crippen LogP contribution in [0.25, 0.3) is 0 Å². The summed E-state index contributed by atoms with van der Waals surface area (Å²) in [6.07, 6.45) is -2.21. The van der Waals surface area contributed by atoms with Crippen LogP contribution < -0.4 is 5.32 Å². The number of hydrogen-bond donors (Lipinski definition) is 1. The van der Waals surface area contributed by atoms with Gasteiger partial charge in [-0.3, -0.25) is 9.69 Å². The summed E-state index contributed by atoms with van der Waals surface area (Å²) >= 11 is 1.83.